The molecule has 0 bridgehead atoms. The number of aliphatic hydroxyl groups is 1. The van der Waals surface area contributed by atoms with Gasteiger partial charge in [-0.05, 0) is 38.0 Å². The van der Waals surface area contributed by atoms with E-state index in [9.17, 15) is 14.7 Å². The third-order valence-electron chi connectivity index (χ3n) is 4.50. The summed E-state index contributed by atoms with van der Waals surface area (Å²) in [6.45, 7) is 4.37. The maximum Gasteiger partial charge on any atom is 0.303 e. The Labute approximate surface area is 147 Å². The Morgan fingerprint density at radius 1 is 0.833 bits per heavy atom. The molecule has 2 unspecified atom stereocenters. The third kappa shape index (κ3) is 14.5. The van der Waals surface area contributed by atoms with E-state index in [0.29, 0.717) is 12.3 Å². The van der Waals surface area contributed by atoms with Gasteiger partial charge in [0, 0.05) is 12.3 Å². The fourth-order valence-corrected chi connectivity index (χ4v) is 2.96. The minimum absolute atomic E-state index is 0.118. The molecular formula is C19H37NO4. The van der Waals surface area contributed by atoms with Gasteiger partial charge in [-0.25, -0.2) is 0 Å². The Bertz CT molecular complexity index is 344. The highest BCUT2D eigenvalue weighted by Crippen LogP contribution is 2.19. The lowest BCUT2D eigenvalue weighted by atomic mass is 9.93. The number of aliphatic carboxylic acids is 1. The van der Waals surface area contributed by atoms with Crippen molar-refractivity contribution in [3.63, 3.8) is 0 Å². The normalized spacial score (nSPS) is 13.8. The molecule has 0 spiro atoms. The van der Waals surface area contributed by atoms with Crippen LogP contribution in [0.5, 0.6) is 0 Å². The molecule has 0 rings (SSSR count). The number of rotatable bonds is 16. The van der Waals surface area contributed by atoms with Gasteiger partial charge in [0.05, 0.1) is 6.10 Å². The van der Waals surface area contributed by atoms with E-state index in [1.165, 1.54) is 0 Å². The topological polar surface area (TPSA) is 101 Å². The first-order valence-corrected chi connectivity index (χ1v) is 9.52. The number of carboxylic acids is 1. The van der Waals surface area contributed by atoms with Crippen LogP contribution in [0.1, 0.15) is 90.9 Å². The lowest BCUT2D eigenvalue weighted by Gasteiger charge is -2.15. The molecule has 0 aliphatic heterocycles. The van der Waals surface area contributed by atoms with Crippen molar-refractivity contribution in [2.24, 2.45) is 17.6 Å². The largest absolute Gasteiger partial charge is 0.481 e. The van der Waals surface area contributed by atoms with E-state index in [-0.39, 0.29) is 24.3 Å². The van der Waals surface area contributed by atoms with Gasteiger partial charge in [-0.2, -0.15) is 0 Å². The van der Waals surface area contributed by atoms with Gasteiger partial charge in [-0.3, -0.25) is 9.59 Å². The molecule has 2 atom stereocenters. The molecule has 5 nitrogen and oxygen atoms in total. The highest BCUT2D eigenvalue weighted by Gasteiger charge is 2.15. The van der Waals surface area contributed by atoms with Crippen molar-refractivity contribution in [1.82, 2.24) is 0 Å². The Balaban J connectivity index is 3.76. The number of carbonyl (C=O) groups is 2. The van der Waals surface area contributed by atoms with Crippen LogP contribution in [0.15, 0.2) is 0 Å². The third-order valence-corrected chi connectivity index (χ3v) is 4.50. The van der Waals surface area contributed by atoms with Crippen molar-refractivity contribution in [3.8, 4) is 0 Å². The van der Waals surface area contributed by atoms with E-state index in [1.54, 1.807) is 0 Å². The standard InChI is InChI=1S/C19H37NO4/c1-15(2)9-7-12-17(21)13-8-11-16(19(20)24)10-5-3-4-6-14-18(22)23/h15-17,21H,3-14H2,1-2H3,(H2,20,24)(H,22,23). The van der Waals surface area contributed by atoms with Gasteiger partial charge in [0.2, 0.25) is 5.91 Å². The molecule has 0 aromatic carbocycles. The van der Waals surface area contributed by atoms with Crippen LogP contribution in [-0.4, -0.2) is 28.2 Å². The SMILES string of the molecule is CC(C)CCCC(O)CCCC(CCCCCCC(=O)O)C(N)=O. The van der Waals surface area contributed by atoms with E-state index < -0.39 is 5.97 Å². The molecule has 0 fully saturated rings. The summed E-state index contributed by atoms with van der Waals surface area (Å²) in [4.78, 5) is 21.9. The number of amides is 1. The summed E-state index contributed by atoms with van der Waals surface area (Å²) in [7, 11) is 0. The number of carboxylic acid groups (broad SMARTS) is 1. The molecule has 1 amide bonds. The van der Waals surface area contributed by atoms with E-state index in [0.717, 1.165) is 64.2 Å². The monoisotopic (exact) mass is 343 g/mol. The van der Waals surface area contributed by atoms with Crippen molar-refractivity contribution < 1.29 is 19.8 Å². The van der Waals surface area contributed by atoms with Crippen molar-refractivity contribution in [2.45, 2.75) is 97.0 Å². The van der Waals surface area contributed by atoms with Crippen LogP contribution in [0.3, 0.4) is 0 Å². The second kappa shape index (κ2) is 14.3. The van der Waals surface area contributed by atoms with Gasteiger partial charge in [0.25, 0.3) is 0 Å². The number of nitrogens with two attached hydrogens (primary N) is 1. The predicted octanol–water partition coefficient (Wildman–Crippen LogP) is 3.87. The fraction of sp³-hybridized carbons (Fsp3) is 0.895. The first kappa shape index (κ1) is 22.9. The van der Waals surface area contributed by atoms with E-state index in [4.69, 9.17) is 10.8 Å². The van der Waals surface area contributed by atoms with Crippen molar-refractivity contribution in [1.29, 1.82) is 0 Å². The summed E-state index contributed by atoms with van der Waals surface area (Å²) in [5.74, 6) is -0.453. The summed E-state index contributed by atoms with van der Waals surface area (Å²) >= 11 is 0. The molecular weight excluding hydrogens is 306 g/mol. The number of primary amides is 1. The number of hydrogen-bond donors (Lipinski definition) is 3. The molecule has 0 aliphatic carbocycles. The number of hydrogen-bond acceptors (Lipinski definition) is 3. The number of aliphatic hydroxyl groups excluding tert-OH is 1. The van der Waals surface area contributed by atoms with Gasteiger partial charge in [-0.1, -0.05) is 52.4 Å². The minimum Gasteiger partial charge on any atom is -0.481 e. The number of unbranched alkanes of at least 4 members (excludes halogenated alkanes) is 3. The van der Waals surface area contributed by atoms with E-state index >= 15 is 0 Å². The molecule has 0 aliphatic rings. The molecule has 0 heterocycles. The molecule has 0 radical (unpaired) electrons. The maximum absolute atomic E-state index is 11.5. The maximum atomic E-state index is 11.5. The lowest BCUT2D eigenvalue weighted by Crippen LogP contribution is -2.23. The van der Waals surface area contributed by atoms with Crippen molar-refractivity contribution in [3.05, 3.63) is 0 Å². The Kier molecular flexibility index (Phi) is 13.6. The average Bonchev–Trinajstić information content (AvgIpc) is 2.47. The summed E-state index contributed by atoms with van der Waals surface area (Å²) in [5.41, 5.74) is 5.47. The van der Waals surface area contributed by atoms with Gasteiger partial charge in [0.1, 0.15) is 0 Å². The first-order chi connectivity index (χ1) is 11.3. The van der Waals surface area contributed by atoms with Crippen LogP contribution >= 0.6 is 0 Å². The Hall–Kier alpha value is -1.10. The Morgan fingerprint density at radius 2 is 1.38 bits per heavy atom. The van der Waals surface area contributed by atoms with Crippen molar-refractivity contribution >= 4 is 11.9 Å². The van der Waals surface area contributed by atoms with Crippen LogP contribution in [0.25, 0.3) is 0 Å². The molecule has 4 N–H and O–H groups in total. The second-order valence-electron chi connectivity index (χ2n) is 7.36. The Morgan fingerprint density at radius 3 is 1.92 bits per heavy atom. The summed E-state index contributed by atoms with van der Waals surface area (Å²) in [6, 6.07) is 0. The zero-order valence-corrected chi connectivity index (χ0v) is 15.5. The van der Waals surface area contributed by atoms with Crippen LogP contribution < -0.4 is 5.73 Å². The zero-order chi connectivity index (χ0) is 18.4. The smallest absolute Gasteiger partial charge is 0.303 e. The summed E-state index contributed by atoms with van der Waals surface area (Å²) in [6.07, 6.45) is 9.47. The van der Waals surface area contributed by atoms with Gasteiger partial charge in [-0.15, -0.1) is 0 Å². The van der Waals surface area contributed by atoms with Crippen molar-refractivity contribution in [2.75, 3.05) is 0 Å². The van der Waals surface area contributed by atoms with Gasteiger partial charge < -0.3 is 15.9 Å². The molecule has 0 aromatic heterocycles. The highest BCUT2D eigenvalue weighted by molar-refractivity contribution is 5.76. The predicted molar refractivity (Wildman–Crippen MR) is 96.6 cm³/mol. The fourth-order valence-electron chi connectivity index (χ4n) is 2.96. The molecule has 0 saturated heterocycles. The minimum atomic E-state index is -0.753. The lowest BCUT2D eigenvalue weighted by molar-refractivity contribution is -0.137. The quantitative estimate of drug-likeness (QED) is 0.370. The van der Waals surface area contributed by atoms with Crippen LogP contribution in [-0.2, 0) is 9.59 Å². The summed E-state index contributed by atoms with van der Waals surface area (Å²) in [5, 5.41) is 18.5. The molecule has 0 saturated carbocycles. The molecule has 0 aromatic rings. The molecule has 5 heteroatoms. The zero-order valence-electron chi connectivity index (χ0n) is 15.5. The summed E-state index contributed by atoms with van der Waals surface area (Å²) < 4.78 is 0. The van der Waals surface area contributed by atoms with Crippen LogP contribution in [0.2, 0.25) is 0 Å². The second-order valence-corrected chi connectivity index (χ2v) is 7.36. The van der Waals surface area contributed by atoms with Crippen LogP contribution in [0.4, 0.5) is 0 Å². The van der Waals surface area contributed by atoms with Crippen LogP contribution in [0, 0.1) is 11.8 Å². The molecule has 142 valence electrons. The van der Waals surface area contributed by atoms with Gasteiger partial charge >= 0.3 is 5.97 Å². The number of carbonyl (C=O) groups excluding carboxylic acids is 1. The van der Waals surface area contributed by atoms with E-state index in [1.807, 2.05) is 0 Å². The highest BCUT2D eigenvalue weighted by atomic mass is 16.4. The molecule has 24 heavy (non-hydrogen) atoms. The van der Waals surface area contributed by atoms with Gasteiger partial charge in [0.15, 0.2) is 0 Å². The van der Waals surface area contributed by atoms with E-state index in [2.05, 4.69) is 13.8 Å². The first-order valence-electron chi connectivity index (χ1n) is 9.52. The average molecular weight is 344 g/mol.